The van der Waals surface area contributed by atoms with Gasteiger partial charge in [0.1, 0.15) is 0 Å². The van der Waals surface area contributed by atoms with Crippen LogP contribution in [-0.4, -0.2) is 27.1 Å². The highest BCUT2D eigenvalue weighted by atomic mass is 79.9. The fraction of sp³-hybridized carbons (Fsp3) is 1.00. The summed E-state index contributed by atoms with van der Waals surface area (Å²) in [6.07, 6.45) is 2.32. The van der Waals surface area contributed by atoms with Crippen LogP contribution in [0.4, 0.5) is 0 Å². The van der Waals surface area contributed by atoms with Gasteiger partial charge in [0, 0.05) is 18.5 Å². The molecule has 0 saturated carbocycles. The van der Waals surface area contributed by atoms with Gasteiger partial charge in [-0.3, -0.25) is 0 Å². The van der Waals surface area contributed by atoms with Crippen molar-refractivity contribution in [2.45, 2.75) is 45.7 Å². The summed E-state index contributed by atoms with van der Waals surface area (Å²) in [6.45, 7) is 7.89. The van der Waals surface area contributed by atoms with Gasteiger partial charge >= 0.3 is 8.56 Å². The first-order valence-electron chi connectivity index (χ1n) is 5.58. The Bertz CT molecular complexity index is 116. The van der Waals surface area contributed by atoms with Crippen molar-refractivity contribution in [3.63, 3.8) is 0 Å². The molecule has 0 aliphatic rings. The van der Waals surface area contributed by atoms with Crippen LogP contribution < -0.4 is 0 Å². The molecule has 0 aliphatic carbocycles. The first-order valence-corrected chi connectivity index (χ1v) is 8.93. The van der Waals surface area contributed by atoms with E-state index in [2.05, 4.69) is 36.7 Å². The fourth-order valence-electron chi connectivity index (χ4n) is 1.70. The molecular formula is C10H23BrO2Si. The Labute approximate surface area is 97.7 Å². The molecule has 0 atom stereocenters. The third-order valence-electron chi connectivity index (χ3n) is 2.14. The highest BCUT2D eigenvalue weighted by Gasteiger charge is 2.35. The first kappa shape index (κ1) is 14.6. The Morgan fingerprint density at radius 1 is 1.00 bits per heavy atom. The van der Waals surface area contributed by atoms with Gasteiger partial charge in [0.2, 0.25) is 0 Å². The minimum Gasteiger partial charge on any atom is -0.394 e. The number of alkyl halides is 1. The van der Waals surface area contributed by atoms with Crippen LogP contribution in [0.25, 0.3) is 0 Å². The van der Waals surface area contributed by atoms with Crippen LogP contribution in [0.1, 0.15) is 33.6 Å². The highest BCUT2D eigenvalue weighted by molar-refractivity contribution is 9.09. The van der Waals surface area contributed by atoms with Gasteiger partial charge in [-0.05, 0) is 32.4 Å². The van der Waals surface area contributed by atoms with Crippen molar-refractivity contribution in [3.8, 4) is 0 Å². The predicted molar refractivity (Wildman–Crippen MR) is 67.3 cm³/mol. The third-order valence-corrected chi connectivity index (χ3v) is 6.70. The summed E-state index contributed by atoms with van der Waals surface area (Å²) in [5.74, 6) is 0. The lowest BCUT2D eigenvalue weighted by atomic mass is 10.6. The summed E-state index contributed by atoms with van der Waals surface area (Å²) < 4.78 is 11.8. The number of hydrogen-bond donors (Lipinski definition) is 0. The van der Waals surface area contributed by atoms with E-state index in [1.807, 2.05) is 0 Å². The molecule has 0 unspecified atom stereocenters. The van der Waals surface area contributed by atoms with Crippen molar-refractivity contribution >= 4 is 24.5 Å². The van der Waals surface area contributed by atoms with Gasteiger partial charge < -0.3 is 8.85 Å². The molecule has 0 bridgehead atoms. The van der Waals surface area contributed by atoms with Gasteiger partial charge in [0.25, 0.3) is 0 Å². The van der Waals surface area contributed by atoms with Crippen molar-refractivity contribution in [2.24, 2.45) is 0 Å². The molecule has 0 rings (SSSR count). The smallest absolute Gasteiger partial charge is 0.338 e. The van der Waals surface area contributed by atoms with Crippen molar-refractivity contribution < 1.29 is 8.85 Å². The molecule has 2 nitrogen and oxygen atoms in total. The average Bonchev–Trinajstić information content (AvgIpc) is 2.16. The third kappa shape index (κ3) is 5.49. The lowest BCUT2D eigenvalue weighted by Crippen LogP contribution is -2.42. The second-order valence-corrected chi connectivity index (χ2v) is 7.51. The molecule has 0 radical (unpaired) electrons. The quantitative estimate of drug-likeness (QED) is 0.474. The number of rotatable bonds is 9. The monoisotopic (exact) mass is 282 g/mol. The highest BCUT2D eigenvalue weighted by Crippen LogP contribution is 2.23. The number of halogens is 1. The molecule has 0 spiro atoms. The van der Waals surface area contributed by atoms with E-state index in [0.29, 0.717) is 0 Å². The molecular weight excluding hydrogens is 260 g/mol. The summed E-state index contributed by atoms with van der Waals surface area (Å²) >= 11 is 3.47. The summed E-state index contributed by atoms with van der Waals surface area (Å²) in [4.78, 5) is 0. The van der Waals surface area contributed by atoms with E-state index >= 15 is 0 Å². The van der Waals surface area contributed by atoms with Gasteiger partial charge in [-0.15, -0.1) is 0 Å². The van der Waals surface area contributed by atoms with Gasteiger partial charge in [-0.25, -0.2) is 0 Å². The van der Waals surface area contributed by atoms with Crippen LogP contribution in [0, 0.1) is 0 Å². The van der Waals surface area contributed by atoms with E-state index in [-0.39, 0.29) is 0 Å². The molecule has 0 N–H and O–H groups in total. The summed E-state index contributed by atoms with van der Waals surface area (Å²) in [7, 11) is -1.85. The summed E-state index contributed by atoms with van der Waals surface area (Å²) in [6, 6.07) is 2.25. The van der Waals surface area contributed by atoms with E-state index in [1.54, 1.807) is 0 Å². The van der Waals surface area contributed by atoms with Crippen molar-refractivity contribution in [2.75, 3.05) is 18.5 Å². The van der Waals surface area contributed by atoms with E-state index in [0.717, 1.165) is 43.5 Å². The lowest BCUT2D eigenvalue weighted by Gasteiger charge is -2.29. The molecule has 0 aromatic carbocycles. The van der Waals surface area contributed by atoms with Gasteiger partial charge in [0.15, 0.2) is 0 Å². The summed E-state index contributed by atoms with van der Waals surface area (Å²) in [5.41, 5.74) is 0. The Hall–Kier alpha value is 0.617. The molecule has 86 valence electrons. The van der Waals surface area contributed by atoms with E-state index in [1.165, 1.54) is 0 Å². The van der Waals surface area contributed by atoms with Crippen LogP contribution in [0.2, 0.25) is 12.1 Å². The van der Waals surface area contributed by atoms with Crippen molar-refractivity contribution in [3.05, 3.63) is 0 Å². The Morgan fingerprint density at radius 2 is 1.57 bits per heavy atom. The van der Waals surface area contributed by atoms with Crippen LogP contribution >= 0.6 is 15.9 Å². The largest absolute Gasteiger partial charge is 0.394 e. The lowest BCUT2D eigenvalue weighted by molar-refractivity contribution is 0.182. The Kier molecular flexibility index (Phi) is 9.28. The molecule has 0 aliphatic heterocycles. The minimum atomic E-state index is -1.85. The topological polar surface area (TPSA) is 18.5 Å². The molecule has 4 heteroatoms. The maximum absolute atomic E-state index is 5.91. The maximum atomic E-state index is 5.91. The van der Waals surface area contributed by atoms with Crippen LogP contribution in [-0.2, 0) is 8.85 Å². The van der Waals surface area contributed by atoms with Gasteiger partial charge in [-0.2, -0.15) is 0 Å². The van der Waals surface area contributed by atoms with Gasteiger partial charge in [-0.1, -0.05) is 29.3 Å². The molecule has 0 fully saturated rings. The second kappa shape index (κ2) is 8.89. The Balaban J connectivity index is 4.21. The molecule has 0 heterocycles. The van der Waals surface area contributed by atoms with E-state index in [4.69, 9.17) is 8.85 Å². The average molecular weight is 283 g/mol. The zero-order valence-electron chi connectivity index (χ0n) is 9.64. The zero-order valence-corrected chi connectivity index (χ0v) is 12.2. The van der Waals surface area contributed by atoms with Crippen LogP contribution in [0.3, 0.4) is 0 Å². The molecule has 0 aromatic rings. The number of hydrogen-bond acceptors (Lipinski definition) is 2. The second-order valence-electron chi connectivity index (χ2n) is 3.32. The SMILES string of the molecule is CCC[Si](CCCBr)(OCC)OCC. The van der Waals surface area contributed by atoms with Crippen LogP contribution in [0.5, 0.6) is 0 Å². The van der Waals surface area contributed by atoms with E-state index < -0.39 is 8.56 Å². The molecule has 14 heavy (non-hydrogen) atoms. The van der Waals surface area contributed by atoms with Crippen molar-refractivity contribution in [1.29, 1.82) is 0 Å². The fourth-order valence-corrected chi connectivity index (χ4v) is 5.94. The predicted octanol–water partition coefficient (Wildman–Crippen LogP) is 3.70. The van der Waals surface area contributed by atoms with E-state index in [9.17, 15) is 0 Å². The minimum absolute atomic E-state index is 0.786. The molecule has 0 aromatic heterocycles. The molecule has 0 saturated heterocycles. The zero-order chi connectivity index (χ0) is 10.9. The van der Waals surface area contributed by atoms with Crippen LogP contribution in [0.15, 0.2) is 0 Å². The van der Waals surface area contributed by atoms with Gasteiger partial charge in [0.05, 0.1) is 0 Å². The van der Waals surface area contributed by atoms with Crippen molar-refractivity contribution in [1.82, 2.24) is 0 Å². The normalized spacial score (nSPS) is 12.0. The Morgan fingerprint density at radius 3 is 1.93 bits per heavy atom. The maximum Gasteiger partial charge on any atom is 0.338 e. The first-order chi connectivity index (χ1) is 6.74. The molecule has 0 amide bonds. The standard InChI is InChI=1S/C10H23BrO2Si/c1-4-9-14(12-5-2,13-6-3)10-7-8-11/h4-10H2,1-3H3. The summed E-state index contributed by atoms with van der Waals surface area (Å²) in [5, 5.41) is 1.05.